The molecule has 2 N–H and O–H groups in total. The Hall–Kier alpha value is -2.51. The zero-order valence-electron chi connectivity index (χ0n) is 13.7. The van der Waals surface area contributed by atoms with Gasteiger partial charge >= 0.3 is 0 Å². The summed E-state index contributed by atoms with van der Waals surface area (Å²) in [6.07, 6.45) is 3.47. The van der Waals surface area contributed by atoms with E-state index in [-0.39, 0.29) is 10.7 Å². The third-order valence-corrected chi connectivity index (χ3v) is 4.73. The maximum atomic E-state index is 13.1. The molecule has 2 aromatic carbocycles. The number of sulfonamides is 1. The Kier molecular flexibility index (Phi) is 6.44. The fraction of sp³-hybridized carbons (Fsp3) is 0.167. The van der Waals surface area contributed by atoms with Gasteiger partial charge in [0.1, 0.15) is 5.82 Å². The van der Waals surface area contributed by atoms with Gasteiger partial charge in [-0.15, -0.1) is 0 Å². The van der Waals surface area contributed by atoms with Crippen molar-refractivity contribution >= 4 is 27.7 Å². The van der Waals surface area contributed by atoms with Crippen LogP contribution in [0.2, 0.25) is 0 Å². The predicted molar refractivity (Wildman–Crippen MR) is 96.0 cm³/mol. The molecule has 5 nitrogen and oxygen atoms in total. The molecule has 2 aromatic rings. The number of nitrogens with one attached hydrogen (secondary N) is 2. The Balaban J connectivity index is 2.00. The third kappa shape index (κ3) is 5.81. The lowest BCUT2D eigenvalue weighted by Crippen LogP contribution is -2.24. The summed E-state index contributed by atoms with van der Waals surface area (Å²) < 4.78 is 39.5. The number of hydrogen-bond acceptors (Lipinski definition) is 3. The zero-order valence-corrected chi connectivity index (χ0v) is 14.5. The average Bonchev–Trinajstić information content (AvgIpc) is 2.59. The van der Waals surface area contributed by atoms with Crippen LogP contribution >= 0.6 is 0 Å². The van der Waals surface area contributed by atoms with Crippen molar-refractivity contribution < 1.29 is 17.6 Å². The highest BCUT2D eigenvalue weighted by Crippen LogP contribution is 2.14. The van der Waals surface area contributed by atoms with E-state index in [1.807, 2.05) is 6.92 Å². The second kappa shape index (κ2) is 8.55. The van der Waals surface area contributed by atoms with E-state index in [0.717, 1.165) is 0 Å². The average molecular weight is 362 g/mol. The van der Waals surface area contributed by atoms with E-state index >= 15 is 0 Å². The fourth-order valence-electron chi connectivity index (χ4n) is 2.00. The van der Waals surface area contributed by atoms with Crippen LogP contribution in [0.15, 0.2) is 59.5 Å². The van der Waals surface area contributed by atoms with Crippen LogP contribution in [0.4, 0.5) is 10.1 Å². The monoisotopic (exact) mass is 362 g/mol. The zero-order chi connectivity index (χ0) is 18.3. The lowest BCUT2D eigenvalue weighted by Gasteiger charge is -2.07. The first-order valence-corrected chi connectivity index (χ1v) is 9.23. The van der Waals surface area contributed by atoms with Gasteiger partial charge < -0.3 is 5.32 Å². The molecule has 2 rings (SSSR count). The number of anilines is 1. The number of rotatable bonds is 7. The number of halogens is 1. The van der Waals surface area contributed by atoms with Gasteiger partial charge in [-0.2, -0.15) is 0 Å². The number of hydrogen-bond donors (Lipinski definition) is 2. The van der Waals surface area contributed by atoms with Gasteiger partial charge in [-0.3, -0.25) is 4.79 Å². The van der Waals surface area contributed by atoms with Gasteiger partial charge in [0, 0.05) is 18.3 Å². The molecule has 132 valence electrons. The van der Waals surface area contributed by atoms with Crippen LogP contribution in [0.1, 0.15) is 18.9 Å². The van der Waals surface area contributed by atoms with Gasteiger partial charge in [-0.25, -0.2) is 17.5 Å². The molecule has 0 atom stereocenters. The predicted octanol–water partition coefficient (Wildman–Crippen LogP) is 3.17. The van der Waals surface area contributed by atoms with E-state index in [1.54, 1.807) is 12.1 Å². The van der Waals surface area contributed by atoms with E-state index in [0.29, 0.717) is 24.2 Å². The van der Waals surface area contributed by atoms with Crippen LogP contribution in [0.5, 0.6) is 0 Å². The normalized spacial score (nSPS) is 11.6. The molecule has 0 aliphatic rings. The molecule has 0 spiro atoms. The summed E-state index contributed by atoms with van der Waals surface area (Å²) >= 11 is 0. The molecule has 0 aliphatic carbocycles. The molecule has 0 saturated carbocycles. The van der Waals surface area contributed by atoms with Gasteiger partial charge in [0.05, 0.1) is 4.90 Å². The van der Waals surface area contributed by atoms with Gasteiger partial charge in [0.2, 0.25) is 15.9 Å². The largest absolute Gasteiger partial charge is 0.323 e. The van der Waals surface area contributed by atoms with Crippen molar-refractivity contribution in [1.29, 1.82) is 0 Å². The number of benzene rings is 2. The first-order chi connectivity index (χ1) is 11.9. The second-order valence-electron chi connectivity index (χ2n) is 5.30. The van der Waals surface area contributed by atoms with Gasteiger partial charge in [0.25, 0.3) is 0 Å². The van der Waals surface area contributed by atoms with Crippen LogP contribution in [0.25, 0.3) is 6.08 Å². The van der Waals surface area contributed by atoms with Crippen LogP contribution in [0.3, 0.4) is 0 Å². The molecule has 0 bridgehead atoms. The Labute approximate surface area is 146 Å². The molecular weight excluding hydrogens is 343 g/mol. The molecule has 0 aliphatic heterocycles. The number of carbonyl (C=O) groups excluding carboxylic acids is 1. The van der Waals surface area contributed by atoms with Crippen molar-refractivity contribution in [3.8, 4) is 0 Å². The van der Waals surface area contributed by atoms with Crippen LogP contribution < -0.4 is 10.0 Å². The number of amides is 1. The molecular formula is C18H19FN2O3S. The summed E-state index contributed by atoms with van der Waals surface area (Å²) in [6, 6.07) is 11.7. The highest BCUT2D eigenvalue weighted by molar-refractivity contribution is 7.89. The summed E-state index contributed by atoms with van der Waals surface area (Å²) in [6.45, 7) is 2.24. The summed E-state index contributed by atoms with van der Waals surface area (Å²) in [5.74, 6) is -0.778. The van der Waals surface area contributed by atoms with E-state index < -0.39 is 15.9 Å². The second-order valence-corrected chi connectivity index (χ2v) is 7.07. The minimum atomic E-state index is -3.53. The summed E-state index contributed by atoms with van der Waals surface area (Å²) in [4.78, 5) is 12.0. The van der Waals surface area contributed by atoms with E-state index in [2.05, 4.69) is 10.0 Å². The van der Waals surface area contributed by atoms with Crippen molar-refractivity contribution in [3.63, 3.8) is 0 Å². The summed E-state index contributed by atoms with van der Waals surface area (Å²) in [7, 11) is -3.53. The number of carbonyl (C=O) groups is 1. The van der Waals surface area contributed by atoms with Crippen LogP contribution in [0, 0.1) is 5.82 Å². The molecule has 1 amide bonds. The van der Waals surface area contributed by atoms with Crippen molar-refractivity contribution in [2.75, 3.05) is 11.9 Å². The molecule has 0 saturated heterocycles. The van der Waals surface area contributed by atoms with E-state index in [4.69, 9.17) is 0 Å². The molecule has 7 heteroatoms. The van der Waals surface area contributed by atoms with Gasteiger partial charge in [0.15, 0.2) is 0 Å². The first-order valence-electron chi connectivity index (χ1n) is 7.75. The highest BCUT2D eigenvalue weighted by atomic mass is 32.2. The van der Waals surface area contributed by atoms with Crippen molar-refractivity contribution in [2.24, 2.45) is 0 Å². The molecule has 0 fully saturated rings. The smallest absolute Gasteiger partial charge is 0.248 e. The van der Waals surface area contributed by atoms with Crippen molar-refractivity contribution in [3.05, 3.63) is 66.0 Å². The Bertz CT molecular complexity index is 862. The SMILES string of the molecule is CCCNS(=O)(=O)c1ccc(NC(=O)/C=C/c2cccc(F)c2)cc1. The molecule has 0 unspecified atom stereocenters. The van der Waals surface area contributed by atoms with Crippen LogP contribution in [-0.4, -0.2) is 20.9 Å². The Morgan fingerprint density at radius 3 is 2.52 bits per heavy atom. The Morgan fingerprint density at radius 1 is 1.16 bits per heavy atom. The van der Waals surface area contributed by atoms with E-state index in [1.165, 1.54) is 48.6 Å². The maximum Gasteiger partial charge on any atom is 0.248 e. The van der Waals surface area contributed by atoms with Crippen LogP contribution in [-0.2, 0) is 14.8 Å². The first kappa shape index (κ1) is 18.8. The lowest BCUT2D eigenvalue weighted by atomic mass is 10.2. The minimum Gasteiger partial charge on any atom is -0.323 e. The van der Waals surface area contributed by atoms with E-state index in [9.17, 15) is 17.6 Å². The Morgan fingerprint density at radius 2 is 1.88 bits per heavy atom. The molecule has 0 heterocycles. The molecule has 0 aromatic heterocycles. The topological polar surface area (TPSA) is 75.3 Å². The van der Waals surface area contributed by atoms with Crippen molar-refractivity contribution in [1.82, 2.24) is 4.72 Å². The van der Waals surface area contributed by atoms with Crippen molar-refractivity contribution in [2.45, 2.75) is 18.2 Å². The minimum absolute atomic E-state index is 0.134. The summed E-state index contributed by atoms with van der Waals surface area (Å²) in [5, 5.41) is 2.61. The lowest BCUT2D eigenvalue weighted by molar-refractivity contribution is -0.111. The molecule has 0 radical (unpaired) electrons. The van der Waals surface area contributed by atoms with Gasteiger partial charge in [-0.05, 0) is 54.5 Å². The molecule has 25 heavy (non-hydrogen) atoms. The third-order valence-electron chi connectivity index (χ3n) is 3.25. The van der Waals surface area contributed by atoms with Gasteiger partial charge in [-0.1, -0.05) is 19.1 Å². The maximum absolute atomic E-state index is 13.1. The highest BCUT2D eigenvalue weighted by Gasteiger charge is 2.12. The summed E-state index contributed by atoms with van der Waals surface area (Å²) in [5.41, 5.74) is 1.03. The standard InChI is InChI=1S/C18H19FN2O3S/c1-2-12-20-25(23,24)17-9-7-16(8-10-17)21-18(22)11-6-14-4-3-5-15(19)13-14/h3-11,13,20H,2,12H2,1H3,(H,21,22)/b11-6+. The fourth-order valence-corrected chi connectivity index (χ4v) is 3.14. The quantitative estimate of drug-likeness (QED) is 0.743.